The number of rotatable bonds is 5. The van der Waals surface area contributed by atoms with E-state index in [1.54, 1.807) is 17.1 Å². The van der Waals surface area contributed by atoms with Crippen LogP contribution in [0.3, 0.4) is 0 Å². The molecule has 0 bridgehead atoms. The third-order valence-electron chi connectivity index (χ3n) is 5.65. The first-order valence-corrected chi connectivity index (χ1v) is 12.0. The van der Waals surface area contributed by atoms with Crippen LogP contribution in [-0.4, -0.2) is 36.8 Å². The van der Waals surface area contributed by atoms with Crippen LogP contribution < -0.4 is 0 Å². The van der Waals surface area contributed by atoms with E-state index < -0.39 is 9.84 Å². The summed E-state index contributed by atoms with van der Waals surface area (Å²) in [6.07, 6.45) is 3.83. The Labute approximate surface area is 177 Å². The lowest BCUT2D eigenvalue weighted by molar-refractivity contribution is -0.128. The van der Waals surface area contributed by atoms with E-state index in [4.69, 9.17) is 0 Å². The average Bonchev–Trinajstić information content (AvgIpc) is 3.10. The number of carbonyl (C=O) groups excluding carboxylic acids is 1. The standard InChI is InChI=1S/C25H25NO3S/c1-19-9-11-20(12-10-19)13-14-25(27)26(23-15-16-30(28,29)18-23)17-22-7-4-6-21-5-2-3-8-24(21)22/h2-14,23H,15-18H2,1H3. The van der Waals surface area contributed by atoms with Gasteiger partial charge in [0.2, 0.25) is 5.91 Å². The maximum Gasteiger partial charge on any atom is 0.247 e. The van der Waals surface area contributed by atoms with Gasteiger partial charge in [0, 0.05) is 18.7 Å². The second-order valence-corrected chi connectivity index (χ2v) is 10.1. The van der Waals surface area contributed by atoms with Gasteiger partial charge in [-0.1, -0.05) is 72.3 Å². The molecule has 0 N–H and O–H groups in total. The van der Waals surface area contributed by atoms with Crippen molar-refractivity contribution in [3.05, 3.63) is 89.5 Å². The first kappa shape index (κ1) is 20.4. The van der Waals surface area contributed by atoms with Gasteiger partial charge in [0.1, 0.15) is 0 Å². The third kappa shape index (κ3) is 4.62. The van der Waals surface area contributed by atoms with Gasteiger partial charge in [0.05, 0.1) is 11.5 Å². The molecule has 0 saturated carbocycles. The monoisotopic (exact) mass is 419 g/mol. The maximum absolute atomic E-state index is 13.2. The molecule has 1 saturated heterocycles. The first-order chi connectivity index (χ1) is 14.4. The van der Waals surface area contributed by atoms with E-state index in [-0.39, 0.29) is 23.5 Å². The van der Waals surface area contributed by atoms with Crippen molar-refractivity contribution in [1.82, 2.24) is 4.90 Å². The largest absolute Gasteiger partial charge is 0.331 e. The molecule has 1 aliphatic rings. The van der Waals surface area contributed by atoms with Crippen molar-refractivity contribution in [3.63, 3.8) is 0 Å². The van der Waals surface area contributed by atoms with Crippen molar-refractivity contribution < 1.29 is 13.2 Å². The Kier molecular flexibility index (Phi) is 5.73. The summed E-state index contributed by atoms with van der Waals surface area (Å²) in [7, 11) is -3.10. The highest BCUT2D eigenvalue weighted by Crippen LogP contribution is 2.25. The molecular formula is C25H25NO3S. The van der Waals surface area contributed by atoms with E-state index in [2.05, 4.69) is 0 Å². The number of hydrogen-bond acceptors (Lipinski definition) is 3. The molecule has 5 heteroatoms. The van der Waals surface area contributed by atoms with Gasteiger partial charge in [-0.15, -0.1) is 0 Å². The summed E-state index contributed by atoms with van der Waals surface area (Å²) in [5, 5.41) is 2.19. The minimum Gasteiger partial charge on any atom is -0.331 e. The molecule has 1 fully saturated rings. The van der Waals surface area contributed by atoms with Crippen LogP contribution in [0.1, 0.15) is 23.1 Å². The lowest BCUT2D eigenvalue weighted by Crippen LogP contribution is -2.39. The Hall–Kier alpha value is -2.92. The summed E-state index contributed by atoms with van der Waals surface area (Å²) in [5.41, 5.74) is 3.12. The minimum atomic E-state index is -3.10. The van der Waals surface area contributed by atoms with E-state index in [0.717, 1.165) is 27.5 Å². The second kappa shape index (κ2) is 8.44. The zero-order valence-electron chi connectivity index (χ0n) is 17.0. The van der Waals surface area contributed by atoms with E-state index in [9.17, 15) is 13.2 Å². The summed E-state index contributed by atoms with van der Waals surface area (Å²) in [6, 6.07) is 21.7. The van der Waals surface area contributed by atoms with Crippen LogP contribution in [-0.2, 0) is 21.2 Å². The predicted molar refractivity (Wildman–Crippen MR) is 122 cm³/mol. The lowest BCUT2D eigenvalue weighted by atomic mass is 10.0. The van der Waals surface area contributed by atoms with Crippen LogP contribution in [0.4, 0.5) is 0 Å². The highest BCUT2D eigenvalue weighted by atomic mass is 32.2. The Morgan fingerprint density at radius 1 is 1.03 bits per heavy atom. The highest BCUT2D eigenvalue weighted by Gasteiger charge is 2.34. The number of fused-ring (bicyclic) bond motifs is 1. The molecule has 0 radical (unpaired) electrons. The predicted octanol–water partition coefficient (Wildman–Crippen LogP) is 4.38. The van der Waals surface area contributed by atoms with Crippen LogP contribution in [0.15, 0.2) is 72.8 Å². The number of nitrogens with zero attached hydrogens (tertiary/aromatic N) is 1. The number of amides is 1. The Bertz CT molecular complexity index is 1190. The number of sulfone groups is 1. The normalized spacial score (nSPS) is 18.1. The SMILES string of the molecule is Cc1ccc(C=CC(=O)N(Cc2cccc3ccccc23)C2CCS(=O)(=O)C2)cc1. The Morgan fingerprint density at radius 2 is 1.77 bits per heavy atom. The van der Waals surface area contributed by atoms with Gasteiger partial charge in [-0.2, -0.15) is 0 Å². The molecule has 1 aliphatic heterocycles. The van der Waals surface area contributed by atoms with Crippen molar-refractivity contribution in [3.8, 4) is 0 Å². The smallest absolute Gasteiger partial charge is 0.247 e. The van der Waals surface area contributed by atoms with Gasteiger partial charge in [-0.3, -0.25) is 4.79 Å². The number of carbonyl (C=O) groups is 1. The van der Waals surface area contributed by atoms with Crippen molar-refractivity contribution in [2.24, 2.45) is 0 Å². The third-order valence-corrected chi connectivity index (χ3v) is 7.40. The first-order valence-electron chi connectivity index (χ1n) is 10.1. The van der Waals surface area contributed by atoms with Crippen molar-refractivity contribution in [2.75, 3.05) is 11.5 Å². The van der Waals surface area contributed by atoms with Gasteiger partial charge in [0.15, 0.2) is 9.84 Å². The molecule has 0 aromatic heterocycles. The van der Waals surface area contributed by atoms with Crippen LogP contribution in [0.25, 0.3) is 16.8 Å². The van der Waals surface area contributed by atoms with Gasteiger partial charge >= 0.3 is 0 Å². The molecular weight excluding hydrogens is 394 g/mol. The fourth-order valence-electron chi connectivity index (χ4n) is 3.96. The molecule has 1 heterocycles. The quantitative estimate of drug-likeness (QED) is 0.577. The Balaban J connectivity index is 1.64. The van der Waals surface area contributed by atoms with E-state index >= 15 is 0 Å². The molecule has 1 unspecified atom stereocenters. The summed E-state index contributed by atoms with van der Waals surface area (Å²) >= 11 is 0. The minimum absolute atomic E-state index is 0.0296. The lowest BCUT2D eigenvalue weighted by Gasteiger charge is -2.28. The van der Waals surface area contributed by atoms with E-state index in [0.29, 0.717) is 13.0 Å². The van der Waals surface area contributed by atoms with Crippen molar-refractivity contribution in [2.45, 2.75) is 25.9 Å². The van der Waals surface area contributed by atoms with Crippen LogP contribution in [0.5, 0.6) is 0 Å². The highest BCUT2D eigenvalue weighted by molar-refractivity contribution is 7.91. The zero-order valence-corrected chi connectivity index (χ0v) is 17.8. The molecule has 3 aromatic rings. The molecule has 4 nitrogen and oxygen atoms in total. The topological polar surface area (TPSA) is 54.5 Å². The fourth-order valence-corrected chi connectivity index (χ4v) is 5.69. The number of benzene rings is 3. The second-order valence-electron chi connectivity index (χ2n) is 7.91. The summed E-state index contributed by atoms with van der Waals surface area (Å²) in [4.78, 5) is 14.9. The number of hydrogen-bond donors (Lipinski definition) is 0. The Morgan fingerprint density at radius 3 is 2.50 bits per heavy atom. The maximum atomic E-state index is 13.2. The van der Waals surface area contributed by atoms with Crippen molar-refractivity contribution >= 4 is 32.6 Å². The van der Waals surface area contributed by atoms with Crippen LogP contribution in [0.2, 0.25) is 0 Å². The zero-order chi connectivity index (χ0) is 21.1. The van der Waals surface area contributed by atoms with Gasteiger partial charge in [0.25, 0.3) is 0 Å². The van der Waals surface area contributed by atoms with Crippen molar-refractivity contribution in [1.29, 1.82) is 0 Å². The molecule has 4 rings (SSSR count). The summed E-state index contributed by atoms with van der Waals surface area (Å²) in [6.45, 7) is 2.41. The molecule has 1 amide bonds. The molecule has 154 valence electrons. The molecule has 1 atom stereocenters. The molecule has 3 aromatic carbocycles. The molecule has 30 heavy (non-hydrogen) atoms. The number of aryl methyl sites for hydroxylation is 1. The summed E-state index contributed by atoms with van der Waals surface area (Å²) in [5.74, 6) is 0.00573. The van der Waals surface area contributed by atoms with E-state index in [1.165, 1.54) is 0 Å². The fraction of sp³-hybridized carbons (Fsp3) is 0.240. The van der Waals surface area contributed by atoms with Gasteiger partial charge in [-0.25, -0.2) is 8.42 Å². The van der Waals surface area contributed by atoms with Crippen LogP contribution >= 0.6 is 0 Å². The van der Waals surface area contributed by atoms with Crippen LogP contribution in [0, 0.1) is 6.92 Å². The summed E-state index contributed by atoms with van der Waals surface area (Å²) < 4.78 is 24.2. The van der Waals surface area contributed by atoms with Gasteiger partial charge < -0.3 is 4.90 Å². The van der Waals surface area contributed by atoms with Gasteiger partial charge in [-0.05, 0) is 41.3 Å². The van der Waals surface area contributed by atoms with E-state index in [1.807, 2.05) is 73.7 Å². The molecule has 0 spiro atoms. The average molecular weight is 420 g/mol. The molecule has 0 aliphatic carbocycles.